The molecule has 2 aromatic carbocycles. The fourth-order valence-corrected chi connectivity index (χ4v) is 3.15. The summed E-state index contributed by atoms with van der Waals surface area (Å²) in [5.74, 6) is -1.53. The number of nitrogens with one attached hydrogen (secondary N) is 1. The molecule has 1 aromatic heterocycles. The van der Waals surface area contributed by atoms with E-state index in [1.807, 2.05) is 30.3 Å². The lowest BCUT2D eigenvalue weighted by molar-refractivity contribution is 0.0524. The Bertz CT molecular complexity index is 1020. The Morgan fingerprint density at radius 1 is 1.14 bits per heavy atom. The van der Waals surface area contributed by atoms with Gasteiger partial charge in [-0.2, -0.15) is 0 Å². The minimum atomic E-state index is -0.647. The van der Waals surface area contributed by atoms with E-state index in [-0.39, 0.29) is 12.1 Å². The Morgan fingerprint density at radius 3 is 2.66 bits per heavy atom. The van der Waals surface area contributed by atoms with Gasteiger partial charge in [-0.25, -0.2) is 13.6 Å². The zero-order valence-electron chi connectivity index (χ0n) is 16.7. The molecule has 152 valence electrons. The highest BCUT2D eigenvalue weighted by atomic mass is 19.1. The number of nitrogens with zero attached hydrogens (tertiary/aromatic N) is 1. The summed E-state index contributed by atoms with van der Waals surface area (Å²) in [6.07, 6.45) is 1.50. The molecule has 0 saturated carbocycles. The molecule has 1 atom stereocenters. The van der Waals surface area contributed by atoms with Gasteiger partial charge < -0.3 is 10.1 Å². The van der Waals surface area contributed by atoms with Crippen LogP contribution in [0, 0.1) is 11.6 Å². The van der Waals surface area contributed by atoms with Crippen LogP contribution < -0.4 is 5.32 Å². The molecule has 0 fully saturated rings. The molecule has 0 unspecified atom stereocenters. The van der Waals surface area contributed by atoms with Crippen molar-refractivity contribution in [1.29, 1.82) is 0 Å². The minimum Gasteiger partial charge on any atom is -0.444 e. The van der Waals surface area contributed by atoms with Crippen LogP contribution >= 0.6 is 0 Å². The second-order valence-electron chi connectivity index (χ2n) is 7.99. The molecule has 0 radical (unpaired) electrons. The van der Waals surface area contributed by atoms with Crippen LogP contribution in [0.15, 0.2) is 54.7 Å². The molecule has 1 heterocycles. The lowest BCUT2D eigenvalue weighted by Gasteiger charge is -2.22. The second-order valence-corrected chi connectivity index (χ2v) is 7.99. The molecule has 0 saturated heterocycles. The van der Waals surface area contributed by atoms with E-state index in [9.17, 15) is 13.6 Å². The van der Waals surface area contributed by atoms with Crippen molar-refractivity contribution in [2.45, 2.75) is 38.7 Å². The van der Waals surface area contributed by atoms with Crippen LogP contribution in [0.3, 0.4) is 0 Å². The molecule has 0 aliphatic carbocycles. The number of rotatable bonds is 5. The number of carbonyl (C=O) groups is 1. The number of hydrogen-bond acceptors (Lipinski definition) is 3. The summed E-state index contributed by atoms with van der Waals surface area (Å²) in [5, 5.41) is 3.63. The Kier molecular flexibility index (Phi) is 6.11. The SMILES string of the molecule is CC(C)(C)OC(=O)NC[C@@H](Cc1cnc2ccccc2c1)c1cc(F)ccc1F. The monoisotopic (exact) mass is 398 g/mol. The van der Waals surface area contributed by atoms with Crippen molar-refractivity contribution in [2.24, 2.45) is 0 Å². The van der Waals surface area contributed by atoms with Crippen LogP contribution in [0.1, 0.15) is 37.8 Å². The van der Waals surface area contributed by atoms with Gasteiger partial charge in [0.1, 0.15) is 17.2 Å². The quantitative estimate of drug-likeness (QED) is 0.629. The Morgan fingerprint density at radius 2 is 1.90 bits per heavy atom. The second kappa shape index (κ2) is 8.55. The highest BCUT2D eigenvalue weighted by Gasteiger charge is 2.21. The largest absolute Gasteiger partial charge is 0.444 e. The van der Waals surface area contributed by atoms with Gasteiger partial charge in [-0.15, -0.1) is 0 Å². The van der Waals surface area contributed by atoms with Crippen molar-refractivity contribution in [3.8, 4) is 0 Å². The number of pyridine rings is 1. The molecule has 3 rings (SSSR count). The van der Waals surface area contributed by atoms with Gasteiger partial charge in [-0.1, -0.05) is 18.2 Å². The average Bonchev–Trinajstić information content (AvgIpc) is 2.65. The number of benzene rings is 2. The number of amides is 1. The van der Waals surface area contributed by atoms with Gasteiger partial charge in [0.2, 0.25) is 0 Å². The number of hydrogen-bond donors (Lipinski definition) is 1. The predicted molar refractivity (Wildman–Crippen MR) is 109 cm³/mol. The van der Waals surface area contributed by atoms with Crippen molar-refractivity contribution in [3.05, 3.63) is 77.5 Å². The van der Waals surface area contributed by atoms with Crippen LogP contribution in [0.4, 0.5) is 13.6 Å². The highest BCUT2D eigenvalue weighted by Crippen LogP contribution is 2.25. The number of ether oxygens (including phenoxy) is 1. The lowest BCUT2D eigenvalue weighted by atomic mass is 9.91. The fraction of sp³-hybridized carbons (Fsp3) is 0.304. The summed E-state index contributed by atoms with van der Waals surface area (Å²) >= 11 is 0. The molecule has 0 bridgehead atoms. The molecular weight excluding hydrogens is 374 g/mol. The number of aromatic nitrogens is 1. The Hall–Kier alpha value is -3.02. The summed E-state index contributed by atoms with van der Waals surface area (Å²) in [6, 6.07) is 13.0. The van der Waals surface area contributed by atoms with E-state index in [1.54, 1.807) is 27.0 Å². The number of halogens is 2. The number of para-hydroxylation sites is 1. The van der Waals surface area contributed by atoms with Crippen molar-refractivity contribution < 1.29 is 18.3 Å². The van der Waals surface area contributed by atoms with Gasteiger partial charge in [0, 0.05) is 24.0 Å². The van der Waals surface area contributed by atoms with Gasteiger partial charge in [0.15, 0.2) is 0 Å². The van der Waals surface area contributed by atoms with Crippen LogP contribution in [0.25, 0.3) is 10.9 Å². The molecule has 1 N–H and O–H groups in total. The third kappa shape index (κ3) is 5.73. The van der Waals surface area contributed by atoms with Gasteiger partial charge in [0.25, 0.3) is 0 Å². The summed E-state index contributed by atoms with van der Waals surface area (Å²) in [6.45, 7) is 5.38. The first-order valence-electron chi connectivity index (χ1n) is 9.47. The molecule has 3 aromatic rings. The van der Waals surface area contributed by atoms with Crippen LogP contribution in [-0.2, 0) is 11.2 Å². The van der Waals surface area contributed by atoms with Crippen molar-refractivity contribution in [3.63, 3.8) is 0 Å². The topological polar surface area (TPSA) is 51.2 Å². The Balaban J connectivity index is 1.85. The van der Waals surface area contributed by atoms with Crippen molar-refractivity contribution >= 4 is 17.0 Å². The number of fused-ring (bicyclic) bond motifs is 1. The van der Waals surface area contributed by atoms with Crippen LogP contribution in [0.2, 0.25) is 0 Å². The van der Waals surface area contributed by atoms with E-state index in [1.165, 1.54) is 6.07 Å². The van der Waals surface area contributed by atoms with E-state index in [2.05, 4.69) is 10.3 Å². The van der Waals surface area contributed by atoms with Crippen molar-refractivity contribution in [1.82, 2.24) is 10.3 Å². The molecule has 0 spiro atoms. The summed E-state index contributed by atoms with van der Waals surface area (Å²) in [4.78, 5) is 16.5. The van der Waals surface area contributed by atoms with Gasteiger partial charge >= 0.3 is 6.09 Å². The summed E-state index contributed by atoms with van der Waals surface area (Å²) in [5.41, 5.74) is 1.28. The highest BCUT2D eigenvalue weighted by molar-refractivity contribution is 5.78. The minimum absolute atomic E-state index is 0.0993. The summed E-state index contributed by atoms with van der Waals surface area (Å²) < 4.78 is 33.5. The van der Waals surface area contributed by atoms with E-state index in [0.717, 1.165) is 28.6 Å². The maximum atomic E-state index is 14.4. The molecule has 0 aliphatic heterocycles. The van der Waals surface area contributed by atoms with E-state index in [0.29, 0.717) is 6.42 Å². The van der Waals surface area contributed by atoms with Gasteiger partial charge in [-0.3, -0.25) is 4.98 Å². The smallest absolute Gasteiger partial charge is 0.407 e. The fourth-order valence-electron chi connectivity index (χ4n) is 3.15. The van der Waals surface area contributed by atoms with E-state index >= 15 is 0 Å². The molecule has 4 nitrogen and oxygen atoms in total. The number of alkyl carbamates (subject to hydrolysis) is 1. The zero-order chi connectivity index (χ0) is 21.0. The number of carbonyl (C=O) groups excluding carboxylic acids is 1. The van der Waals surface area contributed by atoms with Crippen LogP contribution in [-0.4, -0.2) is 23.2 Å². The molecule has 1 amide bonds. The predicted octanol–water partition coefficient (Wildman–Crippen LogP) is 5.36. The first-order valence-corrected chi connectivity index (χ1v) is 9.47. The first kappa shape index (κ1) is 20.7. The molecule has 6 heteroatoms. The molecule has 0 aliphatic rings. The normalized spacial score (nSPS) is 12.6. The van der Waals surface area contributed by atoms with Gasteiger partial charge in [0.05, 0.1) is 5.52 Å². The standard InChI is InChI=1S/C23H24F2N2O2/c1-23(2,3)29-22(28)27-14-17(19-12-18(24)8-9-20(19)25)11-15-10-16-6-4-5-7-21(16)26-13-15/h4-10,12-13,17H,11,14H2,1-3H3,(H,27,28)/t17-/m1/s1. The summed E-state index contributed by atoms with van der Waals surface area (Å²) in [7, 11) is 0. The Labute approximate surface area is 168 Å². The lowest BCUT2D eigenvalue weighted by Crippen LogP contribution is -2.35. The maximum absolute atomic E-state index is 14.4. The third-order valence-corrected chi connectivity index (χ3v) is 4.42. The maximum Gasteiger partial charge on any atom is 0.407 e. The third-order valence-electron chi connectivity index (χ3n) is 4.42. The molecular formula is C23H24F2N2O2. The van der Waals surface area contributed by atoms with E-state index in [4.69, 9.17) is 4.74 Å². The first-order chi connectivity index (χ1) is 13.7. The van der Waals surface area contributed by atoms with E-state index < -0.39 is 29.2 Å². The van der Waals surface area contributed by atoms with Crippen LogP contribution in [0.5, 0.6) is 0 Å². The zero-order valence-corrected chi connectivity index (χ0v) is 16.7. The van der Waals surface area contributed by atoms with Crippen molar-refractivity contribution in [2.75, 3.05) is 6.54 Å². The molecule has 29 heavy (non-hydrogen) atoms. The average molecular weight is 398 g/mol. The van der Waals surface area contributed by atoms with Gasteiger partial charge in [-0.05, 0) is 68.7 Å².